The Balaban J connectivity index is 2.48. The van der Waals surface area contributed by atoms with Crippen LogP contribution in [-0.4, -0.2) is 14.2 Å². The third-order valence-electron chi connectivity index (χ3n) is 2.89. The minimum absolute atomic E-state index is 0.235. The van der Waals surface area contributed by atoms with Crippen LogP contribution in [0.2, 0.25) is 0 Å². The molecule has 1 heterocycles. The highest BCUT2D eigenvalue weighted by atomic mass is 32.1. The third kappa shape index (κ3) is 2.35. The van der Waals surface area contributed by atoms with Crippen LogP contribution in [0.25, 0.3) is 0 Å². The monoisotopic (exact) mass is 263 g/mol. The summed E-state index contributed by atoms with van der Waals surface area (Å²) >= 11 is 1.69. The Morgan fingerprint density at radius 2 is 1.78 bits per heavy atom. The molecule has 1 aromatic heterocycles. The number of benzene rings is 1. The van der Waals surface area contributed by atoms with E-state index in [0.717, 1.165) is 22.6 Å². The summed E-state index contributed by atoms with van der Waals surface area (Å²) in [4.78, 5) is 1.24. The van der Waals surface area contributed by atoms with Gasteiger partial charge in [-0.3, -0.25) is 0 Å². The molecule has 0 spiro atoms. The quantitative estimate of drug-likeness (QED) is 0.921. The molecule has 2 aromatic rings. The van der Waals surface area contributed by atoms with Crippen LogP contribution in [0.4, 0.5) is 0 Å². The lowest BCUT2D eigenvalue weighted by atomic mass is 10.00. The van der Waals surface area contributed by atoms with Crippen molar-refractivity contribution in [2.45, 2.75) is 13.0 Å². The lowest BCUT2D eigenvalue weighted by Gasteiger charge is -2.18. The molecule has 4 heteroatoms. The summed E-state index contributed by atoms with van der Waals surface area (Å²) in [5.41, 5.74) is 8.30. The zero-order chi connectivity index (χ0) is 13.1. The van der Waals surface area contributed by atoms with Crippen LogP contribution in [0.1, 0.15) is 22.0 Å². The predicted octanol–water partition coefficient (Wildman–Crippen LogP) is 3.12. The number of ether oxygens (including phenoxy) is 2. The second-order valence-corrected chi connectivity index (χ2v) is 5.16. The predicted molar refractivity (Wildman–Crippen MR) is 74.6 cm³/mol. The molecule has 0 aliphatic rings. The Morgan fingerprint density at radius 3 is 2.22 bits per heavy atom. The van der Waals surface area contributed by atoms with Crippen molar-refractivity contribution in [3.63, 3.8) is 0 Å². The molecule has 0 bridgehead atoms. The van der Waals surface area contributed by atoms with Crippen molar-refractivity contribution in [2.24, 2.45) is 5.73 Å². The van der Waals surface area contributed by atoms with Gasteiger partial charge in [0.1, 0.15) is 11.5 Å². The van der Waals surface area contributed by atoms with Gasteiger partial charge in [-0.05, 0) is 36.1 Å². The molecule has 0 saturated heterocycles. The fourth-order valence-corrected chi connectivity index (χ4v) is 2.72. The molecule has 96 valence electrons. The van der Waals surface area contributed by atoms with Gasteiger partial charge in [-0.2, -0.15) is 0 Å². The highest BCUT2D eigenvalue weighted by molar-refractivity contribution is 7.10. The Hall–Kier alpha value is -1.52. The second kappa shape index (κ2) is 5.42. The first-order valence-electron chi connectivity index (χ1n) is 5.69. The Labute approximate surface area is 111 Å². The van der Waals surface area contributed by atoms with E-state index in [4.69, 9.17) is 15.2 Å². The van der Waals surface area contributed by atoms with Crippen LogP contribution >= 0.6 is 11.3 Å². The Morgan fingerprint density at radius 1 is 1.17 bits per heavy atom. The minimum Gasteiger partial charge on any atom is -0.496 e. The Bertz CT molecular complexity index is 514. The van der Waals surface area contributed by atoms with Crippen molar-refractivity contribution >= 4 is 11.3 Å². The van der Waals surface area contributed by atoms with E-state index < -0.39 is 0 Å². The zero-order valence-corrected chi connectivity index (χ0v) is 11.6. The average molecular weight is 263 g/mol. The SMILES string of the molecule is COc1cccc(OC)c1C(N)c1csc(C)c1. The van der Waals surface area contributed by atoms with Gasteiger partial charge >= 0.3 is 0 Å². The first kappa shape index (κ1) is 12.9. The highest BCUT2D eigenvalue weighted by Gasteiger charge is 2.19. The molecule has 1 atom stereocenters. The number of hydrogen-bond donors (Lipinski definition) is 1. The van der Waals surface area contributed by atoms with Crippen LogP contribution in [-0.2, 0) is 0 Å². The molecular weight excluding hydrogens is 246 g/mol. The molecule has 2 N–H and O–H groups in total. The number of thiophene rings is 1. The lowest BCUT2D eigenvalue weighted by Crippen LogP contribution is -2.13. The Kier molecular flexibility index (Phi) is 3.89. The van der Waals surface area contributed by atoms with Crippen LogP contribution in [0, 0.1) is 6.92 Å². The summed E-state index contributed by atoms with van der Waals surface area (Å²) in [5, 5.41) is 2.08. The van der Waals surface area contributed by atoms with Crippen molar-refractivity contribution in [3.05, 3.63) is 45.6 Å². The maximum atomic E-state index is 6.33. The zero-order valence-electron chi connectivity index (χ0n) is 10.8. The third-order valence-corrected chi connectivity index (χ3v) is 3.77. The first-order chi connectivity index (χ1) is 8.67. The maximum absolute atomic E-state index is 6.33. The molecule has 1 aromatic carbocycles. The number of nitrogens with two attached hydrogens (primary N) is 1. The smallest absolute Gasteiger partial charge is 0.127 e. The van der Waals surface area contributed by atoms with Gasteiger partial charge in [0.15, 0.2) is 0 Å². The van der Waals surface area contributed by atoms with E-state index in [-0.39, 0.29) is 6.04 Å². The van der Waals surface area contributed by atoms with Crippen LogP contribution in [0.15, 0.2) is 29.6 Å². The van der Waals surface area contributed by atoms with Crippen molar-refractivity contribution in [2.75, 3.05) is 14.2 Å². The van der Waals surface area contributed by atoms with Gasteiger partial charge < -0.3 is 15.2 Å². The largest absolute Gasteiger partial charge is 0.496 e. The molecule has 0 radical (unpaired) electrons. The normalized spacial score (nSPS) is 12.2. The van der Waals surface area contributed by atoms with Crippen LogP contribution in [0.5, 0.6) is 11.5 Å². The molecule has 0 aliphatic carbocycles. The van der Waals surface area contributed by atoms with Gasteiger partial charge in [0.25, 0.3) is 0 Å². The van der Waals surface area contributed by atoms with E-state index in [9.17, 15) is 0 Å². The molecule has 18 heavy (non-hydrogen) atoms. The summed E-state index contributed by atoms with van der Waals surface area (Å²) in [5.74, 6) is 1.51. The van der Waals surface area contributed by atoms with E-state index >= 15 is 0 Å². The molecule has 0 amide bonds. The molecule has 3 nitrogen and oxygen atoms in total. The summed E-state index contributed by atoms with van der Waals surface area (Å²) in [6.07, 6.45) is 0. The average Bonchev–Trinajstić information content (AvgIpc) is 2.83. The van der Waals surface area contributed by atoms with Crippen molar-refractivity contribution in [1.82, 2.24) is 0 Å². The fourth-order valence-electron chi connectivity index (χ4n) is 1.98. The number of methoxy groups -OCH3 is 2. The van der Waals surface area contributed by atoms with Crippen molar-refractivity contribution < 1.29 is 9.47 Å². The molecule has 0 aliphatic heterocycles. The summed E-state index contributed by atoms with van der Waals surface area (Å²) in [6.45, 7) is 2.07. The van der Waals surface area contributed by atoms with E-state index in [1.165, 1.54) is 4.88 Å². The molecule has 2 rings (SSSR count). The van der Waals surface area contributed by atoms with Gasteiger partial charge in [-0.15, -0.1) is 11.3 Å². The first-order valence-corrected chi connectivity index (χ1v) is 6.56. The van der Waals surface area contributed by atoms with Crippen molar-refractivity contribution in [3.8, 4) is 11.5 Å². The standard InChI is InChI=1S/C14H17NO2S/c1-9-7-10(8-18-9)14(15)13-11(16-2)5-4-6-12(13)17-3/h4-8,14H,15H2,1-3H3. The van der Waals surface area contributed by atoms with Gasteiger partial charge in [0, 0.05) is 4.88 Å². The molecular formula is C14H17NO2S. The minimum atomic E-state index is -0.235. The van der Waals surface area contributed by atoms with Gasteiger partial charge in [-0.25, -0.2) is 0 Å². The van der Waals surface area contributed by atoms with E-state index in [1.54, 1.807) is 25.6 Å². The number of aryl methyl sites for hydroxylation is 1. The van der Waals surface area contributed by atoms with E-state index in [1.807, 2.05) is 18.2 Å². The van der Waals surface area contributed by atoms with Crippen LogP contribution in [0.3, 0.4) is 0 Å². The lowest BCUT2D eigenvalue weighted by molar-refractivity contribution is 0.382. The van der Waals surface area contributed by atoms with E-state index in [2.05, 4.69) is 18.4 Å². The van der Waals surface area contributed by atoms with Gasteiger partial charge in [0.05, 0.1) is 25.8 Å². The topological polar surface area (TPSA) is 44.5 Å². The molecule has 1 unspecified atom stereocenters. The number of hydrogen-bond acceptors (Lipinski definition) is 4. The summed E-state index contributed by atoms with van der Waals surface area (Å²) < 4.78 is 10.8. The summed E-state index contributed by atoms with van der Waals surface area (Å²) in [6, 6.07) is 7.56. The van der Waals surface area contributed by atoms with Gasteiger partial charge in [-0.1, -0.05) is 6.07 Å². The highest BCUT2D eigenvalue weighted by Crippen LogP contribution is 2.36. The van der Waals surface area contributed by atoms with Gasteiger partial charge in [0.2, 0.25) is 0 Å². The summed E-state index contributed by atoms with van der Waals surface area (Å²) in [7, 11) is 3.29. The maximum Gasteiger partial charge on any atom is 0.127 e. The van der Waals surface area contributed by atoms with Crippen molar-refractivity contribution in [1.29, 1.82) is 0 Å². The van der Waals surface area contributed by atoms with Crippen LogP contribution < -0.4 is 15.2 Å². The molecule has 0 fully saturated rings. The second-order valence-electron chi connectivity index (χ2n) is 4.04. The van der Waals surface area contributed by atoms with E-state index in [0.29, 0.717) is 0 Å². The fraction of sp³-hybridized carbons (Fsp3) is 0.286. The molecule has 0 saturated carbocycles. The number of rotatable bonds is 4.